The van der Waals surface area contributed by atoms with Crippen LogP contribution in [0.2, 0.25) is 0 Å². The first-order valence-electron chi connectivity index (χ1n) is 7.58. The van der Waals surface area contributed by atoms with Crippen LogP contribution in [0.1, 0.15) is 46.5 Å². The summed E-state index contributed by atoms with van der Waals surface area (Å²) in [7, 11) is -3.16. The van der Waals surface area contributed by atoms with E-state index in [0.29, 0.717) is 19.5 Å². The number of likely N-dealkylation sites (tertiary alicyclic amines) is 1. The maximum absolute atomic E-state index is 12.3. The first kappa shape index (κ1) is 18.4. The zero-order valence-electron chi connectivity index (χ0n) is 13.6. The third-order valence-corrected chi connectivity index (χ3v) is 4.29. The fourth-order valence-corrected chi connectivity index (χ4v) is 2.97. The first-order valence-corrected chi connectivity index (χ1v) is 9.47. The standard InChI is InChI=1S/C14H29N3O3S/c1-14(2,3)15-11-13(18)17-10-6-5-7-12(17)8-9-16-21(4,19)20/h12,15-16H,5-11H2,1-4H3. The second kappa shape index (κ2) is 7.56. The predicted octanol–water partition coefficient (Wildman–Crippen LogP) is 0.695. The third kappa shape index (κ3) is 7.78. The molecule has 1 amide bonds. The largest absolute Gasteiger partial charge is 0.339 e. The highest BCUT2D eigenvalue weighted by atomic mass is 32.2. The van der Waals surface area contributed by atoms with E-state index in [1.54, 1.807) is 0 Å². The fourth-order valence-electron chi connectivity index (χ4n) is 2.48. The number of hydrogen-bond acceptors (Lipinski definition) is 4. The van der Waals surface area contributed by atoms with Gasteiger partial charge in [0.1, 0.15) is 0 Å². The van der Waals surface area contributed by atoms with Crippen molar-refractivity contribution in [2.45, 2.75) is 58.0 Å². The minimum absolute atomic E-state index is 0.0845. The Kier molecular flexibility index (Phi) is 6.62. The number of amides is 1. The van der Waals surface area contributed by atoms with Gasteiger partial charge < -0.3 is 10.2 Å². The van der Waals surface area contributed by atoms with Crippen molar-refractivity contribution in [2.24, 2.45) is 0 Å². The highest BCUT2D eigenvalue weighted by molar-refractivity contribution is 7.88. The molecule has 1 rings (SSSR count). The molecule has 1 atom stereocenters. The third-order valence-electron chi connectivity index (χ3n) is 3.56. The smallest absolute Gasteiger partial charge is 0.236 e. The molecule has 1 fully saturated rings. The molecule has 1 heterocycles. The number of carbonyl (C=O) groups excluding carboxylic acids is 1. The van der Waals surface area contributed by atoms with E-state index in [9.17, 15) is 13.2 Å². The molecule has 0 aromatic heterocycles. The van der Waals surface area contributed by atoms with Crippen molar-refractivity contribution in [1.82, 2.24) is 14.9 Å². The summed E-state index contributed by atoms with van der Waals surface area (Å²) in [5.74, 6) is 0.106. The molecule has 0 spiro atoms. The Morgan fingerprint density at radius 3 is 2.52 bits per heavy atom. The summed E-state index contributed by atoms with van der Waals surface area (Å²) in [5.41, 5.74) is -0.0845. The van der Waals surface area contributed by atoms with Crippen LogP contribution in [-0.2, 0) is 14.8 Å². The molecule has 1 aliphatic rings. The second-order valence-corrected chi connectivity index (χ2v) is 8.63. The molecule has 0 aromatic rings. The van der Waals surface area contributed by atoms with E-state index in [0.717, 1.165) is 32.1 Å². The second-order valence-electron chi connectivity index (χ2n) is 6.80. The Labute approximate surface area is 128 Å². The van der Waals surface area contributed by atoms with Gasteiger partial charge in [-0.3, -0.25) is 4.79 Å². The van der Waals surface area contributed by atoms with Crippen LogP contribution < -0.4 is 10.0 Å². The molecule has 0 bridgehead atoms. The van der Waals surface area contributed by atoms with E-state index in [4.69, 9.17) is 0 Å². The Morgan fingerprint density at radius 1 is 1.29 bits per heavy atom. The van der Waals surface area contributed by atoms with Crippen molar-refractivity contribution in [3.63, 3.8) is 0 Å². The summed E-state index contributed by atoms with van der Waals surface area (Å²) in [5, 5.41) is 3.22. The van der Waals surface area contributed by atoms with Gasteiger partial charge in [0.15, 0.2) is 0 Å². The Morgan fingerprint density at radius 2 is 1.95 bits per heavy atom. The predicted molar refractivity (Wildman–Crippen MR) is 84.6 cm³/mol. The van der Waals surface area contributed by atoms with Crippen LogP contribution >= 0.6 is 0 Å². The van der Waals surface area contributed by atoms with Gasteiger partial charge in [0.2, 0.25) is 15.9 Å². The number of hydrogen-bond donors (Lipinski definition) is 2. The molecular formula is C14H29N3O3S. The van der Waals surface area contributed by atoms with Gasteiger partial charge in [0, 0.05) is 24.7 Å². The first-order chi connectivity index (χ1) is 9.58. The lowest BCUT2D eigenvalue weighted by atomic mass is 9.99. The van der Waals surface area contributed by atoms with Crippen molar-refractivity contribution in [3.8, 4) is 0 Å². The van der Waals surface area contributed by atoms with Crippen molar-refractivity contribution >= 4 is 15.9 Å². The number of nitrogens with one attached hydrogen (secondary N) is 2. The number of piperidine rings is 1. The normalized spacial score (nSPS) is 20.6. The van der Waals surface area contributed by atoms with E-state index < -0.39 is 10.0 Å². The molecule has 1 unspecified atom stereocenters. The summed E-state index contributed by atoms with van der Waals surface area (Å²) in [6.07, 6.45) is 4.91. The van der Waals surface area contributed by atoms with Gasteiger partial charge in [-0.1, -0.05) is 0 Å². The highest BCUT2D eigenvalue weighted by Gasteiger charge is 2.27. The highest BCUT2D eigenvalue weighted by Crippen LogP contribution is 2.19. The number of rotatable bonds is 6. The van der Waals surface area contributed by atoms with Gasteiger partial charge >= 0.3 is 0 Å². The van der Waals surface area contributed by atoms with Crippen molar-refractivity contribution in [1.29, 1.82) is 0 Å². The fraction of sp³-hybridized carbons (Fsp3) is 0.929. The number of carbonyl (C=O) groups is 1. The number of sulfonamides is 1. The minimum atomic E-state index is -3.16. The maximum Gasteiger partial charge on any atom is 0.236 e. The van der Waals surface area contributed by atoms with Gasteiger partial charge in [-0.25, -0.2) is 13.1 Å². The molecule has 0 saturated carbocycles. The average Bonchev–Trinajstić information content (AvgIpc) is 2.34. The Bertz CT molecular complexity index is 443. The molecular weight excluding hydrogens is 290 g/mol. The molecule has 6 nitrogen and oxygen atoms in total. The van der Waals surface area contributed by atoms with E-state index in [2.05, 4.69) is 10.0 Å². The van der Waals surface area contributed by atoms with Crippen LogP contribution in [0.15, 0.2) is 0 Å². The quantitative estimate of drug-likeness (QED) is 0.755. The Hall–Kier alpha value is -0.660. The molecule has 2 N–H and O–H groups in total. The van der Waals surface area contributed by atoms with Crippen molar-refractivity contribution in [2.75, 3.05) is 25.9 Å². The molecule has 0 radical (unpaired) electrons. The summed E-state index contributed by atoms with van der Waals surface area (Å²) in [6, 6.07) is 0.141. The van der Waals surface area contributed by atoms with Gasteiger partial charge in [-0.05, 0) is 46.5 Å². The van der Waals surface area contributed by atoms with Crippen molar-refractivity contribution < 1.29 is 13.2 Å². The van der Waals surface area contributed by atoms with E-state index >= 15 is 0 Å². The lowest BCUT2D eigenvalue weighted by Gasteiger charge is -2.36. The summed E-state index contributed by atoms with van der Waals surface area (Å²) >= 11 is 0. The van der Waals surface area contributed by atoms with Gasteiger partial charge in [0.25, 0.3) is 0 Å². The SMILES string of the molecule is CC(C)(C)NCC(=O)N1CCCCC1CCNS(C)(=O)=O. The van der Waals surface area contributed by atoms with Gasteiger partial charge in [-0.2, -0.15) is 0 Å². The summed E-state index contributed by atoms with van der Waals surface area (Å²) in [6.45, 7) is 7.59. The molecule has 21 heavy (non-hydrogen) atoms. The monoisotopic (exact) mass is 319 g/mol. The number of nitrogens with zero attached hydrogens (tertiary/aromatic N) is 1. The molecule has 0 aromatic carbocycles. The maximum atomic E-state index is 12.3. The lowest BCUT2D eigenvalue weighted by molar-refractivity contribution is -0.134. The Balaban J connectivity index is 2.50. The average molecular weight is 319 g/mol. The minimum Gasteiger partial charge on any atom is -0.339 e. The molecule has 0 aliphatic carbocycles. The van der Waals surface area contributed by atoms with Crippen LogP contribution in [-0.4, -0.2) is 56.7 Å². The molecule has 1 aliphatic heterocycles. The molecule has 1 saturated heterocycles. The van der Waals surface area contributed by atoms with Gasteiger partial charge in [-0.15, -0.1) is 0 Å². The summed E-state index contributed by atoms with van der Waals surface area (Å²) < 4.78 is 24.7. The zero-order valence-corrected chi connectivity index (χ0v) is 14.4. The zero-order chi connectivity index (χ0) is 16.1. The lowest BCUT2D eigenvalue weighted by Crippen LogP contribution is -2.50. The van der Waals surface area contributed by atoms with Crippen molar-refractivity contribution in [3.05, 3.63) is 0 Å². The van der Waals surface area contributed by atoms with Crippen LogP contribution in [0.25, 0.3) is 0 Å². The van der Waals surface area contributed by atoms with Crippen LogP contribution in [0, 0.1) is 0 Å². The summed E-state index contributed by atoms with van der Waals surface area (Å²) in [4.78, 5) is 14.2. The van der Waals surface area contributed by atoms with E-state index in [-0.39, 0.29) is 17.5 Å². The van der Waals surface area contributed by atoms with Gasteiger partial charge in [0.05, 0.1) is 12.8 Å². The van der Waals surface area contributed by atoms with Crippen LogP contribution in [0.5, 0.6) is 0 Å². The molecule has 124 valence electrons. The van der Waals surface area contributed by atoms with E-state index in [1.165, 1.54) is 0 Å². The van der Waals surface area contributed by atoms with Crippen LogP contribution in [0.4, 0.5) is 0 Å². The topological polar surface area (TPSA) is 78.5 Å². The van der Waals surface area contributed by atoms with Crippen LogP contribution in [0.3, 0.4) is 0 Å². The molecule has 7 heteroatoms. The van der Waals surface area contributed by atoms with E-state index in [1.807, 2.05) is 25.7 Å².